The topological polar surface area (TPSA) is 73.7 Å². The van der Waals surface area contributed by atoms with Crippen molar-refractivity contribution in [2.24, 2.45) is 11.0 Å². The van der Waals surface area contributed by atoms with E-state index in [-0.39, 0.29) is 6.04 Å². The van der Waals surface area contributed by atoms with Crippen molar-refractivity contribution in [3.63, 3.8) is 0 Å². The molecule has 114 valence electrons. The number of pyridine rings is 1. The summed E-state index contributed by atoms with van der Waals surface area (Å²) in [6.07, 6.45) is 0.164. The summed E-state index contributed by atoms with van der Waals surface area (Å²) in [5.41, 5.74) is 7.54. The molecule has 8 heteroatoms. The highest BCUT2D eigenvalue weighted by Gasteiger charge is 2.30. The molecule has 1 saturated carbocycles. The fourth-order valence-corrected chi connectivity index (χ4v) is 2.50. The molecule has 1 aliphatic rings. The van der Waals surface area contributed by atoms with Crippen LogP contribution in [-0.2, 0) is 6.18 Å². The van der Waals surface area contributed by atoms with Gasteiger partial charge in [-0.25, -0.2) is 4.98 Å². The maximum Gasteiger partial charge on any atom is 0.417 e. The fraction of sp³-hybridized carbons (Fsp3) is 0.615. The molecule has 0 aromatic carbocycles. The van der Waals surface area contributed by atoms with Crippen molar-refractivity contribution >= 4 is 5.82 Å². The summed E-state index contributed by atoms with van der Waals surface area (Å²) in [6, 6.07) is 2.59. The van der Waals surface area contributed by atoms with Gasteiger partial charge in [0.25, 0.3) is 0 Å². The second kappa shape index (κ2) is 6.67. The normalized spacial score (nSPS) is 22.4. The molecular weight excluding hydrogens is 283 g/mol. The van der Waals surface area contributed by atoms with E-state index in [1.165, 1.54) is 6.07 Å². The van der Waals surface area contributed by atoms with Crippen LogP contribution in [0, 0.1) is 5.92 Å². The van der Waals surface area contributed by atoms with E-state index in [0.717, 1.165) is 37.9 Å². The van der Waals surface area contributed by atoms with Crippen LogP contribution in [0.1, 0.15) is 31.2 Å². The van der Waals surface area contributed by atoms with Crippen LogP contribution >= 0.6 is 0 Å². The number of hydrogen-bond acceptors (Lipinski definition) is 3. The zero-order valence-corrected chi connectivity index (χ0v) is 11.3. The van der Waals surface area contributed by atoms with Crippen molar-refractivity contribution in [1.29, 1.82) is 0 Å². The molecule has 0 amide bonds. The van der Waals surface area contributed by atoms with Gasteiger partial charge in [0.1, 0.15) is 5.82 Å². The van der Waals surface area contributed by atoms with Gasteiger partial charge in [-0.3, -0.25) is 0 Å². The van der Waals surface area contributed by atoms with E-state index in [0.29, 0.717) is 18.3 Å². The Kier molecular flexibility index (Phi) is 4.90. The Labute approximate surface area is 120 Å². The third-order valence-corrected chi connectivity index (χ3v) is 3.69. The maximum atomic E-state index is 12.4. The standard InChI is InChI=1S/C13H16F3N5/c14-13(15,16)10-3-6-12(18-8-10)20-11-4-1-9(2-5-11)7-19-21-17/h3,6,8-9,11H,1-2,4-5,7H2,(H,18,20)/t9-,11-. The number of azide groups is 1. The highest BCUT2D eigenvalue weighted by molar-refractivity contribution is 5.37. The molecule has 1 N–H and O–H groups in total. The van der Waals surface area contributed by atoms with Gasteiger partial charge in [-0.2, -0.15) is 13.2 Å². The van der Waals surface area contributed by atoms with E-state index < -0.39 is 11.7 Å². The molecule has 1 aromatic rings. The molecule has 0 unspecified atom stereocenters. The third-order valence-electron chi connectivity index (χ3n) is 3.69. The molecule has 5 nitrogen and oxygen atoms in total. The largest absolute Gasteiger partial charge is 0.417 e. The van der Waals surface area contributed by atoms with Crippen LogP contribution in [0.25, 0.3) is 10.4 Å². The number of rotatable bonds is 4. The second-order valence-electron chi connectivity index (χ2n) is 5.21. The molecule has 0 bridgehead atoms. The molecule has 0 atom stereocenters. The first-order chi connectivity index (χ1) is 9.99. The van der Waals surface area contributed by atoms with Gasteiger partial charge < -0.3 is 5.32 Å². The summed E-state index contributed by atoms with van der Waals surface area (Å²) in [6.45, 7) is 0.516. The van der Waals surface area contributed by atoms with Gasteiger partial charge in [0, 0.05) is 23.7 Å². The van der Waals surface area contributed by atoms with Crippen molar-refractivity contribution in [2.45, 2.75) is 37.9 Å². The Morgan fingerprint density at radius 1 is 1.29 bits per heavy atom. The first-order valence-electron chi connectivity index (χ1n) is 6.79. The Morgan fingerprint density at radius 3 is 2.52 bits per heavy atom. The molecule has 1 fully saturated rings. The predicted octanol–water partition coefficient (Wildman–Crippen LogP) is 4.38. The summed E-state index contributed by atoms with van der Waals surface area (Å²) >= 11 is 0. The number of aromatic nitrogens is 1. The number of nitrogens with one attached hydrogen (secondary N) is 1. The SMILES string of the molecule is [N-]=[N+]=NC[C@H]1CC[C@H](Nc2ccc(C(F)(F)F)cn2)CC1. The van der Waals surface area contributed by atoms with E-state index in [2.05, 4.69) is 20.3 Å². The van der Waals surface area contributed by atoms with E-state index in [1.807, 2.05) is 0 Å². The van der Waals surface area contributed by atoms with Crippen molar-refractivity contribution < 1.29 is 13.2 Å². The quantitative estimate of drug-likeness (QED) is 0.509. The maximum absolute atomic E-state index is 12.4. The molecule has 0 spiro atoms. The van der Waals surface area contributed by atoms with E-state index in [4.69, 9.17) is 5.53 Å². The van der Waals surface area contributed by atoms with Crippen LogP contribution in [0.5, 0.6) is 0 Å². The van der Waals surface area contributed by atoms with Crippen LogP contribution in [0.2, 0.25) is 0 Å². The number of nitrogens with zero attached hydrogens (tertiary/aromatic N) is 4. The number of alkyl halides is 3. The zero-order valence-electron chi connectivity index (χ0n) is 11.3. The molecule has 0 aliphatic heterocycles. The van der Waals surface area contributed by atoms with Gasteiger partial charge in [-0.1, -0.05) is 5.11 Å². The van der Waals surface area contributed by atoms with Gasteiger partial charge in [-0.05, 0) is 49.3 Å². The summed E-state index contributed by atoms with van der Waals surface area (Å²) in [5.74, 6) is 0.862. The van der Waals surface area contributed by atoms with Crippen molar-refractivity contribution in [3.8, 4) is 0 Å². The highest BCUT2D eigenvalue weighted by Crippen LogP contribution is 2.30. The molecule has 0 saturated heterocycles. The Hall–Kier alpha value is -1.95. The minimum atomic E-state index is -4.36. The summed E-state index contributed by atoms with van der Waals surface area (Å²) in [5, 5.41) is 6.73. The van der Waals surface area contributed by atoms with Gasteiger partial charge in [0.15, 0.2) is 0 Å². The van der Waals surface area contributed by atoms with Crippen LogP contribution in [-0.4, -0.2) is 17.6 Å². The number of hydrogen-bond donors (Lipinski definition) is 1. The molecule has 21 heavy (non-hydrogen) atoms. The molecular formula is C13H16F3N5. The summed E-state index contributed by atoms with van der Waals surface area (Å²) < 4.78 is 37.3. The van der Waals surface area contributed by atoms with Crippen molar-refractivity contribution in [1.82, 2.24) is 4.98 Å². The third kappa shape index (κ3) is 4.53. The van der Waals surface area contributed by atoms with E-state index in [1.54, 1.807) is 0 Å². The predicted molar refractivity (Wildman–Crippen MR) is 72.6 cm³/mol. The molecule has 2 rings (SSSR count). The fourth-order valence-electron chi connectivity index (χ4n) is 2.50. The van der Waals surface area contributed by atoms with Gasteiger partial charge >= 0.3 is 6.18 Å². The summed E-state index contributed by atoms with van der Waals surface area (Å²) in [7, 11) is 0. The van der Waals surface area contributed by atoms with E-state index >= 15 is 0 Å². The highest BCUT2D eigenvalue weighted by atomic mass is 19.4. The van der Waals surface area contributed by atoms with Crippen LogP contribution in [0.15, 0.2) is 23.4 Å². The smallest absolute Gasteiger partial charge is 0.367 e. The molecule has 1 aliphatic carbocycles. The summed E-state index contributed by atoms with van der Waals surface area (Å²) in [4.78, 5) is 6.56. The lowest BCUT2D eigenvalue weighted by atomic mass is 9.86. The zero-order chi connectivity index (χ0) is 15.3. The van der Waals surface area contributed by atoms with Crippen molar-refractivity contribution in [2.75, 3.05) is 11.9 Å². The number of halogens is 3. The van der Waals surface area contributed by atoms with E-state index in [9.17, 15) is 13.2 Å². The Balaban J connectivity index is 1.85. The monoisotopic (exact) mass is 299 g/mol. The molecule has 0 radical (unpaired) electrons. The first kappa shape index (κ1) is 15.4. The molecule has 1 heterocycles. The van der Waals surface area contributed by atoms with Gasteiger partial charge in [0.2, 0.25) is 0 Å². The van der Waals surface area contributed by atoms with Gasteiger partial charge in [-0.15, -0.1) is 0 Å². The van der Waals surface area contributed by atoms with Crippen LogP contribution in [0.4, 0.5) is 19.0 Å². The van der Waals surface area contributed by atoms with Crippen LogP contribution in [0.3, 0.4) is 0 Å². The van der Waals surface area contributed by atoms with Crippen molar-refractivity contribution in [3.05, 3.63) is 34.3 Å². The lowest BCUT2D eigenvalue weighted by molar-refractivity contribution is -0.137. The Bertz CT molecular complexity index is 500. The van der Waals surface area contributed by atoms with Crippen LogP contribution < -0.4 is 5.32 Å². The lowest BCUT2D eigenvalue weighted by Gasteiger charge is -2.28. The minimum Gasteiger partial charge on any atom is -0.367 e. The van der Waals surface area contributed by atoms with Gasteiger partial charge in [0.05, 0.1) is 5.56 Å². The second-order valence-corrected chi connectivity index (χ2v) is 5.21. The minimum absolute atomic E-state index is 0.205. The first-order valence-corrected chi connectivity index (χ1v) is 6.79. The average molecular weight is 299 g/mol. The number of anilines is 1. The molecule has 1 aromatic heterocycles. The lowest BCUT2D eigenvalue weighted by Crippen LogP contribution is -2.27. The average Bonchev–Trinajstić information content (AvgIpc) is 2.46. The Morgan fingerprint density at radius 2 is 2.00 bits per heavy atom.